The van der Waals surface area contributed by atoms with Crippen LogP contribution >= 0.6 is 0 Å². The molecule has 0 aromatic heterocycles. The molecule has 1 fully saturated rings. The average Bonchev–Trinajstić information content (AvgIpc) is 2.33. The van der Waals surface area contributed by atoms with E-state index in [2.05, 4.69) is 38.7 Å². The molecule has 0 aliphatic heterocycles. The van der Waals surface area contributed by atoms with Crippen molar-refractivity contribution in [2.75, 3.05) is 0 Å². The first-order valence-corrected chi connectivity index (χ1v) is 7.64. The zero-order valence-electron chi connectivity index (χ0n) is 12.4. The predicted octanol–water partition coefficient (Wildman–Crippen LogP) is 4.80. The van der Waals surface area contributed by atoms with Gasteiger partial charge in [-0.25, -0.2) is 0 Å². The van der Waals surface area contributed by atoms with Crippen LogP contribution in [0.3, 0.4) is 0 Å². The van der Waals surface area contributed by atoms with E-state index in [0.29, 0.717) is 17.4 Å². The summed E-state index contributed by atoms with van der Waals surface area (Å²) in [6, 6.07) is 0.715. The van der Waals surface area contributed by atoms with Crippen molar-refractivity contribution in [3.05, 3.63) is 23.9 Å². The SMILES string of the molecule is C=CC1=C(NC2CCCCC2)C(C)CC(C)(C)C1. The van der Waals surface area contributed by atoms with Crippen molar-refractivity contribution < 1.29 is 0 Å². The summed E-state index contributed by atoms with van der Waals surface area (Å²) in [5.74, 6) is 0.656. The van der Waals surface area contributed by atoms with Crippen molar-refractivity contribution in [1.29, 1.82) is 0 Å². The summed E-state index contributed by atoms with van der Waals surface area (Å²) in [5, 5.41) is 3.85. The van der Waals surface area contributed by atoms with Crippen molar-refractivity contribution in [2.24, 2.45) is 11.3 Å². The Labute approximate surface area is 113 Å². The topological polar surface area (TPSA) is 12.0 Å². The Morgan fingerprint density at radius 1 is 1.22 bits per heavy atom. The number of hydrogen-bond donors (Lipinski definition) is 1. The molecule has 0 aromatic carbocycles. The second kappa shape index (κ2) is 5.50. The van der Waals surface area contributed by atoms with E-state index in [9.17, 15) is 0 Å². The monoisotopic (exact) mass is 247 g/mol. The van der Waals surface area contributed by atoms with Gasteiger partial charge in [-0.05, 0) is 42.6 Å². The Bertz CT molecular complexity index is 332. The van der Waals surface area contributed by atoms with Gasteiger partial charge in [0.15, 0.2) is 0 Å². The Balaban J connectivity index is 2.11. The van der Waals surface area contributed by atoms with Crippen LogP contribution in [0.1, 0.15) is 65.7 Å². The molecule has 0 heterocycles. The van der Waals surface area contributed by atoms with E-state index < -0.39 is 0 Å². The molecular formula is C17H29N. The van der Waals surface area contributed by atoms with Gasteiger partial charge in [-0.1, -0.05) is 52.7 Å². The van der Waals surface area contributed by atoms with Crippen molar-refractivity contribution in [1.82, 2.24) is 5.32 Å². The number of hydrogen-bond acceptors (Lipinski definition) is 1. The number of nitrogens with one attached hydrogen (secondary N) is 1. The summed E-state index contributed by atoms with van der Waals surface area (Å²) in [4.78, 5) is 0. The van der Waals surface area contributed by atoms with E-state index in [0.717, 1.165) is 0 Å². The maximum atomic E-state index is 4.03. The standard InChI is InChI=1S/C17H29N/c1-5-14-12-17(3,4)11-13(2)16(14)18-15-9-7-6-8-10-15/h5,13,15,18H,1,6-12H2,2-4H3. The van der Waals surface area contributed by atoms with Crippen LogP contribution in [0.25, 0.3) is 0 Å². The van der Waals surface area contributed by atoms with Crippen LogP contribution in [0.2, 0.25) is 0 Å². The molecule has 1 unspecified atom stereocenters. The quantitative estimate of drug-likeness (QED) is 0.755. The third-order valence-corrected chi connectivity index (χ3v) is 4.58. The van der Waals surface area contributed by atoms with Crippen LogP contribution in [0.4, 0.5) is 0 Å². The molecule has 18 heavy (non-hydrogen) atoms. The third kappa shape index (κ3) is 3.18. The van der Waals surface area contributed by atoms with E-state index in [1.807, 2.05) is 0 Å². The Morgan fingerprint density at radius 3 is 2.50 bits per heavy atom. The lowest BCUT2D eigenvalue weighted by Gasteiger charge is -2.39. The minimum absolute atomic E-state index is 0.431. The highest BCUT2D eigenvalue weighted by atomic mass is 14.9. The van der Waals surface area contributed by atoms with Crippen molar-refractivity contribution in [2.45, 2.75) is 71.8 Å². The summed E-state index contributed by atoms with van der Waals surface area (Å²) in [7, 11) is 0. The Hall–Kier alpha value is -0.720. The van der Waals surface area contributed by atoms with Gasteiger partial charge >= 0.3 is 0 Å². The third-order valence-electron chi connectivity index (χ3n) is 4.58. The molecule has 0 saturated heterocycles. The van der Waals surface area contributed by atoms with Gasteiger partial charge in [0.2, 0.25) is 0 Å². The minimum atomic E-state index is 0.431. The molecule has 1 nitrogen and oxygen atoms in total. The second-order valence-electron chi connectivity index (χ2n) is 7.07. The van der Waals surface area contributed by atoms with Crippen molar-refractivity contribution in [3.63, 3.8) is 0 Å². The summed E-state index contributed by atoms with van der Waals surface area (Å²) >= 11 is 0. The second-order valence-corrected chi connectivity index (χ2v) is 7.07. The number of rotatable bonds is 3. The van der Waals surface area contributed by atoms with Gasteiger partial charge in [0.25, 0.3) is 0 Å². The average molecular weight is 247 g/mol. The van der Waals surface area contributed by atoms with Crippen LogP contribution in [-0.2, 0) is 0 Å². The Kier molecular flexibility index (Phi) is 4.19. The van der Waals surface area contributed by atoms with E-state index in [1.165, 1.54) is 56.2 Å². The Morgan fingerprint density at radius 2 is 1.89 bits per heavy atom. The zero-order valence-corrected chi connectivity index (χ0v) is 12.4. The normalized spacial score (nSPS) is 29.2. The first-order chi connectivity index (χ1) is 8.52. The molecule has 1 heteroatoms. The molecule has 1 atom stereocenters. The van der Waals surface area contributed by atoms with E-state index in [1.54, 1.807) is 0 Å². The molecule has 0 bridgehead atoms. The van der Waals surface area contributed by atoms with Gasteiger partial charge < -0.3 is 5.32 Å². The highest BCUT2D eigenvalue weighted by molar-refractivity contribution is 5.29. The van der Waals surface area contributed by atoms with Gasteiger partial charge in [0.1, 0.15) is 0 Å². The first kappa shape index (κ1) is 13.7. The highest BCUT2D eigenvalue weighted by Crippen LogP contribution is 2.41. The summed E-state index contributed by atoms with van der Waals surface area (Å²) in [6.45, 7) is 11.2. The molecular weight excluding hydrogens is 218 g/mol. The lowest BCUT2D eigenvalue weighted by Crippen LogP contribution is -2.37. The largest absolute Gasteiger partial charge is 0.385 e. The smallest absolute Gasteiger partial charge is 0.0258 e. The molecule has 1 N–H and O–H groups in total. The lowest BCUT2D eigenvalue weighted by atomic mass is 9.71. The van der Waals surface area contributed by atoms with Crippen LogP contribution in [0, 0.1) is 11.3 Å². The fraction of sp³-hybridized carbons (Fsp3) is 0.765. The molecule has 0 radical (unpaired) electrons. The predicted molar refractivity (Wildman–Crippen MR) is 79.4 cm³/mol. The van der Waals surface area contributed by atoms with Crippen molar-refractivity contribution >= 4 is 0 Å². The summed E-state index contributed by atoms with van der Waals surface area (Å²) in [5.41, 5.74) is 3.39. The van der Waals surface area contributed by atoms with Gasteiger partial charge in [-0.3, -0.25) is 0 Å². The molecule has 0 amide bonds. The highest BCUT2D eigenvalue weighted by Gasteiger charge is 2.31. The molecule has 0 aromatic rings. The van der Waals surface area contributed by atoms with Crippen LogP contribution in [0.15, 0.2) is 23.9 Å². The summed E-state index contributed by atoms with van der Waals surface area (Å²) in [6.07, 6.45) is 11.5. The molecule has 2 aliphatic carbocycles. The zero-order chi connectivity index (χ0) is 13.2. The van der Waals surface area contributed by atoms with Gasteiger partial charge in [0, 0.05) is 11.7 Å². The fourth-order valence-electron chi connectivity index (χ4n) is 3.81. The van der Waals surface area contributed by atoms with Crippen molar-refractivity contribution in [3.8, 4) is 0 Å². The first-order valence-electron chi connectivity index (χ1n) is 7.64. The van der Waals surface area contributed by atoms with E-state index in [-0.39, 0.29) is 0 Å². The molecule has 2 aliphatic rings. The lowest BCUT2D eigenvalue weighted by molar-refractivity contribution is 0.256. The van der Waals surface area contributed by atoms with Crippen LogP contribution in [0.5, 0.6) is 0 Å². The minimum Gasteiger partial charge on any atom is -0.385 e. The van der Waals surface area contributed by atoms with E-state index in [4.69, 9.17) is 0 Å². The summed E-state index contributed by atoms with van der Waals surface area (Å²) < 4.78 is 0. The fourth-order valence-corrected chi connectivity index (χ4v) is 3.81. The molecule has 102 valence electrons. The van der Waals surface area contributed by atoms with Crippen LogP contribution in [-0.4, -0.2) is 6.04 Å². The molecule has 1 saturated carbocycles. The molecule has 0 spiro atoms. The number of allylic oxidation sites excluding steroid dienone is 3. The van der Waals surface area contributed by atoms with Gasteiger partial charge in [-0.2, -0.15) is 0 Å². The molecule has 2 rings (SSSR count). The maximum absolute atomic E-state index is 4.03. The van der Waals surface area contributed by atoms with Crippen LogP contribution < -0.4 is 5.32 Å². The van der Waals surface area contributed by atoms with Gasteiger partial charge in [0.05, 0.1) is 0 Å². The van der Waals surface area contributed by atoms with Gasteiger partial charge in [-0.15, -0.1) is 0 Å². The van der Waals surface area contributed by atoms with E-state index >= 15 is 0 Å². The maximum Gasteiger partial charge on any atom is 0.0258 e.